The SMILES string of the molecule is C=Cc1ccc(-c2ccc(-c3ccc(N(c4ccc(-c5ccc(N(c6ccc(-c7ccccc7)cc6)c6ccc(-c7ccccc7)cc6)cc5)cc4)c4ccc(-c5cccc6c5sc5ccccc56)cc4)cc3)cc2)cc1. The van der Waals surface area contributed by atoms with Crippen LogP contribution in [0, 0.1) is 0 Å². The van der Waals surface area contributed by atoms with Crippen LogP contribution >= 0.6 is 11.3 Å². The minimum atomic E-state index is 1.08. The van der Waals surface area contributed by atoms with Gasteiger partial charge in [0.05, 0.1) is 0 Å². The molecular formula is C74H52N2S. The molecule has 77 heavy (non-hydrogen) atoms. The number of nitrogens with zero attached hydrogens (tertiary/aromatic N) is 2. The molecule has 0 aliphatic carbocycles. The van der Waals surface area contributed by atoms with Crippen LogP contribution < -0.4 is 9.80 Å². The normalized spacial score (nSPS) is 11.2. The topological polar surface area (TPSA) is 6.48 Å². The zero-order valence-corrected chi connectivity index (χ0v) is 43.2. The Bertz CT molecular complexity index is 4050. The molecule has 3 heteroatoms. The Balaban J connectivity index is 0.818. The monoisotopic (exact) mass is 1000 g/mol. The quantitative estimate of drug-likeness (QED) is 0.114. The van der Waals surface area contributed by atoms with Crippen LogP contribution in [0.2, 0.25) is 0 Å². The van der Waals surface area contributed by atoms with Crippen LogP contribution in [0.1, 0.15) is 5.56 Å². The molecule has 0 fully saturated rings. The fraction of sp³-hybridized carbons (Fsp3) is 0. The minimum Gasteiger partial charge on any atom is -0.311 e. The zero-order chi connectivity index (χ0) is 51.5. The summed E-state index contributed by atoms with van der Waals surface area (Å²) in [6.45, 7) is 3.91. The molecule has 0 bridgehead atoms. The number of thiophene rings is 1. The third kappa shape index (κ3) is 9.53. The Labute approximate surface area is 455 Å². The Kier molecular flexibility index (Phi) is 12.7. The van der Waals surface area contributed by atoms with Gasteiger partial charge in [-0.05, 0) is 151 Å². The fourth-order valence-corrected chi connectivity index (χ4v) is 11.8. The average Bonchev–Trinajstić information content (AvgIpc) is 3.90. The molecule has 0 unspecified atom stereocenters. The number of rotatable bonds is 13. The van der Waals surface area contributed by atoms with E-state index in [1.165, 1.54) is 75.8 Å². The van der Waals surface area contributed by atoms with Crippen LogP contribution in [0.3, 0.4) is 0 Å². The van der Waals surface area contributed by atoms with Gasteiger partial charge in [-0.15, -0.1) is 11.3 Å². The lowest BCUT2D eigenvalue weighted by Gasteiger charge is -2.27. The van der Waals surface area contributed by atoms with Crippen molar-refractivity contribution in [1.29, 1.82) is 0 Å². The minimum absolute atomic E-state index is 1.08. The number of anilines is 6. The summed E-state index contributed by atoms with van der Waals surface area (Å²) in [6, 6.07) is 108. The van der Waals surface area contributed by atoms with E-state index in [1.54, 1.807) is 0 Å². The summed E-state index contributed by atoms with van der Waals surface area (Å²) in [4.78, 5) is 4.70. The predicted molar refractivity (Wildman–Crippen MR) is 331 cm³/mol. The Hall–Kier alpha value is -9.80. The van der Waals surface area contributed by atoms with E-state index in [-0.39, 0.29) is 0 Å². The molecule has 0 aliphatic rings. The maximum absolute atomic E-state index is 3.91. The molecule has 0 atom stereocenters. The summed E-state index contributed by atoms with van der Waals surface area (Å²) >= 11 is 1.87. The van der Waals surface area contributed by atoms with E-state index in [0.29, 0.717) is 0 Å². The summed E-state index contributed by atoms with van der Waals surface area (Å²) in [7, 11) is 0. The first-order valence-electron chi connectivity index (χ1n) is 26.2. The fourth-order valence-electron chi connectivity index (χ4n) is 10.6. The highest BCUT2D eigenvalue weighted by Crippen LogP contribution is 2.43. The van der Waals surface area contributed by atoms with Crippen LogP contribution in [0.25, 0.3) is 93.0 Å². The first-order chi connectivity index (χ1) is 38.1. The van der Waals surface area contributed by atoms with Crippen molar-refractivity contribution in [2.24, 2.45) is 0 Å². The summed E-state index contributed by atoms with van der Waals surface area (Å²) in [5.74, 6) is 0. The first kappa shape index (κ1) is 46.9. The highest BCUT2D eigenvalue weighted by Gasteiger charge is 2.18. The van der Waals surface area contributed by atoms with Crippen LogP contribution in [-0.2, 0) is 0 Å². The van der Waals surface area contributed by atoms with Gasteiger partial charge in [-0.2, -0.15) is 0 Å². The van der Waals surface area contributed by atoms with E-state index in [0.717, 1.165) is 50.8 Å². The molecule has 0 N–H and O–H groups in total. The molecule has 0 aliphatic heterocycles. The van der Waals surface area contributed by atoms with Gasteiger partial charge in [-0.25, -0.2) is 0 Å². The van der Waals surface area contributed by atoms with Crippen LogP contribution in [-0.4, -0.2) is 0 Å². The predicted octanol–water partition coefficient (Wildman–Crippen LogP) is 21.6. The van der Waals surface area contributed by atoms with Crippen molar-refractivity contribution in [3.63, 3.8) is 0 Å². The van der Waals surface area contributed by atoms with E-state index in [1.807, 2.05) is 17.4 Å². The van der Waals surface area contributed by atoms with Gasteiger partial charge >= 0.3 is 0 Å². The molecule has 0 radical (unpaired) electrons. The largest absolute Gasteiger partial charge is 0.311 e. The number of hydrogen-bond acceptors (Lipinski definition) is 3. The van der Waals surface area contributed by atoms with Crippen molar-refractivity contribution < 1.29 is 0 Å². The molecule has 0 amide bonds. The molecule has 2 nitrogen and oxygen atoms in total. The average molecular weight is 1000 g/mol. The third-order valence-electron chi connectivity index (χ3n) is 14.7. The summed E-state index contributed by atoms with van der Waals surface area (Å²) < 4.78 is 2.63. The molecule has 0 saturated heterocycles. The lowest BCUT2D eigenvalue weighted by Crippen LogP contribution is -2.10. The maximum Gasteiger partial charge on any atom is 0.0462 e. The Morgan fingerprint density at radius 1 is 0.247 bits per heavy atom. The van der Waals surface area contributed by atoms with E-state index in [2.05, 4.69) is 314 Å². The second-order valence-electron chi connectivity index (χ2n) is 19.4. The van der Waals surface area contributed by atoms with Crippen molar-refractivity contribution in [3.05, 3.63) is 309 Å². The van der Waals surface area contributed by atoms with Crippen molar-refractivity contribution in [1.82, 2.24) is 0 Å². The molecule has 13 rings (SSSR count). The van der Waals surface area contributed by atoms with E-state index < -0.39 is 0 Å². The van der Waals surface area contributed by atoms with E-state index >= 15 is 0 Å². The molecule has 13 aromatic rings. The lowest BCUT2D eigenvalue weighted by molar-refractivity contribution is 1.28. The molecule has 0 spiro atoms. The van der Waals surface area contributed by atoms with Crippen molar-refractivity contribution in [3.8, 4) is 66.8 Å². The summed E-state index contributed by atoms with van der Waals surface area (Å²) in [6.07, 6.45) is 1.88. The van der Waals surface area contributed by atoms with Crippen LogP contribution in [0.5, 0.6) is 0 Å². The highest BCUT2D eigenvalue weighted by atomic mass is 32.1. The summed E-state index contributed by atoms with van der Waals surface area (Å²) in [5.41, 5.74) is 21.9. The van der Waals surface area contributed by atoms with Gasteiger partial charge in [0.15, 0.2) is 0 Å². The standard InChI is InChI=1S/C74H52N2S/c1-2-52-20-22-55(23-21-52)56-24-26-57(27-25-56)60-32-44-67(45-33-60)76(69-50-38-63(39-51-69)70-17-11-18-72-71-16-9-10-19-73(71)77-74(70)72)68-48-36-62(37-49-68)61-34-46-66(47-35-61)75(64-40-28-58(29-41-64)53-12-5-3-6-13-53)65-42-30-59(31-43-65)54-14-7-4-8-15-54/h2-51H,1H2. The molecular weight excluding hydrogens is 949 g/mol. The third-order valence-corrected chi connectivity index (χ3v) is 15.9. The summed E-state index contributed by atoms with van der Waals surface area (Å²) in [5, 5.41) is 2.62. The van der Waals surface area contributed by atoms with Gasteiger partial charge in [-0.3, -0.25) is 0 Å². The highest BCUT2D eigenvalue weighted by molar-refractivity contribution is 7.26. The van der Waals surface area contributed by atoms with Crippen molar-refractivity contribution in [2.45, 2.75) is 0 Å². The van der Waals surface area contributed by atoms with Crippen molar-refractivity contribution in [2.75, 3.05) is 9.80 Å². The van der Waals surface area contributed by atoms with Crippen LogP contribution in [0.4, 0.5) is 34.1 Å². The second kappa shape index (κ2) is 20.8. The number of fused-ring (bicyclic) bond motifs is 3. The number of benzene rings is 12. The second-order valence-corrected chi connectivity index (χ2v) is 20.4. The lowest BCUT2D eigenvalue weighted by atomic mass is 9.99. The van der Waals surface area contributed by atoms with Gasteiger partial charge in [0.2, 0.25) is 0 Å². The van der Waals surface area contributed by atoms with Crippen LogP contribution in [0.15, 0.2) is 304 Å². The first-order valence-corrected chi connectivity index (χ1v) is 27.0. The molecule has 1 heterocycles. The number of hydrogen-bond donors (Lipinski definition) is 0. The molecule has 1 aromatic heterocycles. The van der Waals surface area contributed by atoms with Gasteiger partial charge in [0, 0.05) is 54.3 Å². The van der Waals surface area contributed by atoms with Gasteiger partial charge in [-0.1, -0.05) is 231 Å². The smallest absolute Gasteiger partial charge is 0.0462 e. The molecule has 0 saturated carbocycles. The Morgan fingerprint density at radius 3 is 0.896 bits per heavy atom. The van der Waals surface area contributed by atoms with Gasteiger partial charge in [0.1, 0.15) is 0 Å². The Morgan fingerprint density at radius 2 is 0.532 bits per heavy atom. The van der Waals surface area contributed by atoms with Crippen molar-refractivity contribution >= 4 is 71.7 Å². The zero-order valence-electron chi connectivity index (χ0n) is 42.4. The van der Waals surface area contributed by atoms with Gasteiger partial charge in [0.25, 0.3) is 0 Å². The van der Waals surface area contributed by atoms with E-state index in [4.69, 9.17) is 0 Å². The molecule has 364 valence electrons. The molecule has 12 aromatic carbocycles. The van der Waals surface area contributed by atoms with Gasteiger partial charge < -0.3 is 9.80 Å². The van der Waals surface area contributed by atoms with E-state index in [9.17, 15) is 0 Å². The maximum atomic E-state index is 3.91.